The molecule has 0 spiro atoms. The van der Waals surface area contributed by atoms with Gasteiger partial charge >= 0.3 is 0 Å². The Morgan fingerprint density at radius 2 is 2.11 bits per heavy atom. The van der Waals surface area contributed by atoms with Crippen molar-refractivity contribution in [2.45, 2.75) is 32.4 Å². The van der Waals surface area contributed by atoms with Gasteiger partial charge in [0.2, 0.25) is 0 Å². The zero-order valence-electron chi connectivity index (χ0n) is 11.7. The van der Waals surface area contributed by atoms with Crippen LogP contribution in [0.2, 0.25) is 0 Å². The minimum absolute atomic E-state index is 0. The molecule has 2 unspecified atom stereocenters. The third-order valence-electron chi connectivity index (χ3n) is 3.13. The zero-order chi connectivity index (χ0) is 13.5. The molecule has 0 aromatic heterocycles. The number of aliphatic hydroxyl groups excluding tert-OH is 1. The molecule has 2 atom stereocenters. The number of ether oxygens (including phenoxy) is 1. The number of hydrogen-bond acceptors (Lipinski definition) is 2. The molecule has 0 bridgehead atoms. The quantitative estimate of drug-likeness (QED) is 0.592. The fraction of sp³-hybridized carbons (Fsp3) is 0.571. The van der Waals surface area contributed by atoms with E-state index in [1.807, 2.05) is 37.4 Å². The van der Waals surface area contributed by atoms with E-state index in [1.54, 1.807) is 7.11 Å². The molecule has 0 heterocycles. The standard InChI is InChI=1S/C14H22FNO2.ClH/c1-10-9-12(5-6-13(10)18-3)14(17)11(2)16-8-4-7-15;/h5-6,9,11,14,16-17H,4,7-8H2,1-3H3;1H. The van der Waals surface area contributed by atoms with Crippen molar-refractivity contribution in [1.82, 2.24) is 0 Å². The van der Waals surface area contributed by atoms with Gasteiger partial charge in [-0.2, -0.15) is 0 Å². The highest BCUT2D eigenvalue weighted by atomic mass is 35.5. The highest BCUT2D eigenvalue weighted by Crippen LogP contribution is 2.23. The molecular formula is C14H23ClFNO2. The maximum Gasteiger partial charge on any atom is 0.130 e. The van der Waals surface area contributed by atoms with Gasteiger partial charge in [-0.1, -0.05) is 6.07 Å². The number of hydrogen-bond donors (Lipinski definition) is 2. The molecule has 19 heavy (non-hydrogen) atoms. The lowest BCUT2D eigenvalue weighted by Crippen LogP contribution is -3.00. The lowest BCUT2D eigenvalue weighted by atomic mass is 10.0. The Bertz CT molecular complexity index is 376. The fourth-order valence-corrected chi connectivity index (χ4v) is 1.98. The molecule has 0 aliphatic heterocycles. The second-order valence-corrected chi connectivity index (χ2v) is 4.60. The van der Waals surface area contributed by atoms with Crippen LogP contribution in [-0.4, -0.2) is 31.5 Å². The first-order valence-corrected chi connectivity index (χ1v) is 6.32. The highest BCUT2D eigenvalue weighted by molar-refractivity contribution is 5.37. The van der Waals surface area contributed by atoms with E-state index in [2.05, 4.69) is 0 Å². The van der Waals surface area contributed by atoms with Crippen LogP contribution in [0.25, 0.3) is 0 Å². The number of quaternary nitrogens is 1. The predicted octanol–water partition coefficient (Wildman–Crippen LogP) is -1.65. The second kappa shape index (κ2) is 9.13. The molecule has 1 rings (SSSR count). The molecule has 0 aliphatic carbocycles. The average Bonchev–Trinajstić information content (AvgIpc) is 2.38. The van der Waals surface area contributed by atoms with E-state index in [4.69, 9.17) is 4.74 Å². The molecule has 3 nitrogen and oxygen atoms in total. The molecule has 3 N–H and O–H groups in total. The number of aliphatic hydroxyl groups is 1. The van der Waals surface area contributed by atoms with Gasteiger partial charge in [0.1, 0.15) is 17.9 Å². The number of alkyl halides is 1. The van der Waals surface area contributed by atoms with E-state index in [0.717, 1.165) is 16.9 Å². The van der Waals surface area contributed by atoms with Crippen LogP contribution in [0.3, 0.4) is 0 Å². The number of methoxy groups -OCH3 is 1. The van der Waals surface area contributed by atoms with E-state index in [0.29, 0.717) is 13.0 Å². The van der Waals surface area contributed by atoms with Crippen molar-refractivity contribution in [3.05, 3.63) is 29.3 Å². The Balaban J connectivity index is 0.00000324. The number of rotatable bonds is 7. The normalized spacial score (nSPS) is 13.5. The van der Waals surface area contributed by atoms with Crippen LogP contribution in [0.4, 0.5) is 4.39 Å². The van der Waals surface area contributed by atoms with Crippen molar-refractivity contribution in [2.75, 3.05) is 20.3 Å². The van der Waals surface area contributed by atoms with E-state index in [9.17, 15) is 9.50 Å². The summed E-state index contributed by atoms with van der Waals surface area (Å²) in [5.74, 6) is 0.819. The Morgan fingerprint density at radius 3 is 2.63 bits per heavy atom. The highest BCUT2D eigenvalue weighted by Gasteiger charge is 2.19. The molecule has 110 valence electrons. The smallest absolute Gasteiger partial charge is 0.130 e. The van der Waals surface area contributed by atoms with Crippen molar-refractivity contribution in [3.8, 4) is 5.75 Å². The van der Waals surface area contributed by atoms with Gasteiger partial charge in [-0.15, -0.1) is 0 Å². The molecule has 0 saturated carbocycles. The number of benzene rings is 1. The van der Waals surface area contributed by atoms with Crippen LogP contribution in [0.5, 0.6) is 5.75 Å². The first kappa shape index (κ1) is 18.2. The van der Waals surface area contributed by atoms with Gasteiger partial charge in [-0.05, 0) is 37.1 Å². The molecule has 0 radical (unpaired) electrons. The van der Waals surface area contributed by atoms with Crippen LogP contribution in [0.15, 0.2) is 18.2 Å². The largest absolute Gasteiger partial charge is 1.00 e. The Kier molecular flexibility index (Phi) is 8.72. The van der Waals surface area contributed by atoms with Gasteiger partial charge in [-0.3, -0.25) is 4.39 Å². The van der Waals surface area contributed by atoms with Gasteiger partial charge in [0.05, 0.1) is 20.3 Å². The predicted molar refractivity (Wildman–Crippen MR) is 69.5 cm³/mol. The van der Waals surface area contributed by atoms with Gasteiger partial charge in [0, 0.05) is 6.42 Å². The summed E-state index contributed by atoms with van der Waals surface area (Å²) in [4.78, 5) is 0. The summed E-state index contributed by atoms with van der Waals surface area (Å²) in [7, 11) is 1.63. The van der Waals surface area contributed by atoms with E-state index < -0.39 is 6.10 Å². The summed E-state index contributed by atoms with van der Waals surface area (Å²) in [5, 5.41) is 12.2. The van der Waals surface area contributed by atoms with E-state index in [-0.39, 0.29) is 25.1 Å². The van der Waals surface area contributed by atoms with Crippen LogP contribution >= 0.6 is 0 Å². The van der Waals surface area contributed by atoms with Gasteiger partial charge in [-0.25, -0.2) is 0 Å². The van der Waals surface area contributed by atoms with Crippen LogP contribution in [0, 0.1) is 6.92 Å². The molecule has 1 aromatic rings. The van der Waals surface area contributed by atoms with Crippen molar-refractivity contribution < 1.29 is 32.0 Å². The zero-order valence-corrected chi connectivity index (χ0v) is 12.5. The number of nitrogens with two attached hydrogens (primary N) is 1. The molecule has 0 fully saturated rings. The third-order valence-corrected chi connectivity index (χ3v) is 3.13. The molecule has 0 saturated heterocycles. The molecule has 1 aromatic carbocycles. The van der Waals surface area contributed by atoms with Gasteiger partial charge < -0.3 is 27.6 Å². The van der Waals surface area contributed by atoms with Gasteiger partial charge in [0.25, 0.3) is 0 Å². The first-order valence-electron chi connectivity index (χ1n) is 6.32. The minimum Gasteiger partial charge on any atom is -1.00 e. The summed E-state index contributed by atoms with van der Waals surface area (Å²) >= 11 is 0. The number of halogens is 2. The molecule has 5 heteroatoms. The monoisotopic (exact) mass is 291 g/mol. The van der Waals surface area contributed by atoms with Crippen molar-refractivity contribution in [2.24, 2.45) is 0 Å². The lowest BCUT2D eigenvalue weighted by Gasteiger charge is -2.18. The van der Waals surface area contributed by atoms with Crippen molar-refractivity contribution in [1.29, 1.82) is 0 Å². The lowest BCUT2D eigenvalue weighted by molar-refractivity contribution is -0.694. The topological polar surface area (TPSA) is 46.1 Å². The third kappa shape index (κ3) is 5.35. The van der Waals surface area contributed by atoms with Crippen molar-refractivity contribution in [3.63, 3.8) is 0 Å². The van der Waals surface area contributed by atoms with Crippen LogP contribution in [-0.2, 0) is 0 Å². The SMILES string of the molecule is COc1ccc(C(O)C(C)[NH2+]CCCF)cc1C.[Cl-]. The van der Waals surface area contributed by atoms with Crippen LogP contribution < -0.4 is 22.5 Å². The van der Waals surface area contributed by atoms with E-state index >= 15 is 0 Å². The van der Waals surface area contributed by atoms with E-state index in [1.165, 1.54) is 0 Å². The average molecular weight is 292 g/mol. The van der Waals surface area contributed by atoms with Crippen LogP contribution in [0.1, 0.15) is 30.6 Å². The fourth-order valence-electron chi connectivity index (χ4n) is 1.98. The maximum atomic E-state index is 12.0. The summed E-state index contributed by atoms with van der Waals surface area (Å²) in [5.41, 5.74) is 1.88. The first-order chi connectivity index (χ1) is 8.60. The summed E-state index contributed by atoms with van der Waals surface area (Å²) in [6.07, 6.45) is -0.0205. The van der Waals surface area contributed by atoms with Crippen molar-refractivity contribution >= 4 is 0 Å². The Labute approximate surface area is 120 Å². The molecule has 0 amide bonds. The maximum absolute atomic E-state index is 12.0. The van der Waals surface area contributed by atoms with Gasteiger partial charge in [0.15, 0.2) is 0 Å². The molecular weight excluding hydrogens is 269 g/mol. The Morgan fingerprint density at radius 1 is 1.42 bits per heavy atom. The summed E-state index contributed by atoms with van der Waals surface area (Å²) in [6, 6.07) is 5.69. The number of aryl methyl sites for hydroxylation is 1. The Hall–Kier alpha value is -0.840. The summed E-state index contributed by atoms with van der Waals surface area (Å²) in [6.45, 7) is 4.29. The minimum atomic E-state index is -0.547. The second-order valence-electron chi connectivity index (χ2n) is 4.60. The molecule has 0 aliphatic rings. The summed E-state index contributed by atoms with van der Waals surface area (Å²) < 4.78 is 17.2.